The summed E-state index contributed by atoms with van der Waals surface area (Å²) in [6.45, 7) is 7.94. The van der Waals surface area contributed by atoms with Gasteiger partial charge in [0.05, 0.1) is 29.8 Å². The normalized spacial score (nSPS) is 11.4. The Kier molecular flexibility index (Phi) is 12.1. The SMILES string of the molecule is CC(C)(Oc1cc(OC(C)(C)c2c[c-]c(-c3ccc(F)cn3)cc2)cc(-c2ccccc2-c2c[c-]c(-c3ccc(F)cn3)cc2)c1)c1c[c-]c(-c2ccc(F)cn2)cc1.[Ir+3]. The van der Waals surface area contributed by atoms with Crippen LogP contribution in [0, 0.1) is 35.7 Å². The van der Waals surface area contributed by atoms with Crippen LogP contribution in [0.3, 0.4) is 0 Å². The topological polar surface area (TPSA) is 57.1 Å². The summed E-state index contributed by atoms with van der Waals surface area (Å²) in [5, 5.41) is 0. The third-order valence-corrected chi connectivity index (χ3v) is 10.0. The summed E-state index contributed by atoms with van der Waals surface area (Å²) in [7, 11) is 0. The van der Waals surface area contributed by atoms with Gasteiger partial charge in [-0.3, -0.25) is 0 Å². The molecule has 8 rings (SSSR count). The number of halogens is 3. The number of ether oxygens (including phenoxy) is 2. The average molecular weight is 973 g/mol. The maximum atomic E-state index is 13.6. The Balaban J connectivity index is 0.00000544. The molecule has 0 saturated heterocycles. The van der Waals surface area contributed by atoms with Crippen LogP contribution in [0.4, 0.5) is 13.2 Å². The van der Waals surface area contributed by atoms with Gasteiger partial charge in [-0.05, 0) is 86.2 Å². The van der Waals surface area contributed by atoms with Gasteiger partial charge >= 0.3 is 20.1 Å². The van der Waals surface area contributed by atoms with E-state index in [9.17, 15) is 13.2 Å². The van der Waals surface area contributed by atoms with Gasteiger partial charge in [-0.1, -0.05) is 64.7 Å². The molecule has 0 fully saturated rings. The Bertz CT molecular complexity index is 2580. The van der Waals surface area contributed by atoms with Crippen LogP contribution < -0.4 is 9.47 Å². The number of hydrogen-bond acceptors (Lipinski definition) is 5. The van der Waals surface area contributed by atoms with Crippen molar-refractivity contribution in [1.82, 2.24) is 15.0 Å². The number of pyridine rings is 3. The van der Waals surface area contributed by atoms with Crippen molar-refractivity contribution in [2.45, 2.75) is 38.9 Å². The Morgan fingerprint density at radius 2 is 0.850 bits per heavy atom. The van der Waals surface area contributed by atoms with Crippen LogP contribution in [0.2, 0.25) is 0 Å². The molecule has 60 heavy (non-hydrogen) atoms. The van der Waals surface area contributed by atoms with E-state index in [0.29, 0.717) is 28.6 Å². The van der Waals surface area contributed by atoms with Gasteiger partial charge in [-0.2, -0.15) is 0 Å². The summed E-state index contributed by atoms with van der Waals surface area (Å²) in [5.41, 5.74) is 7.89. The molecule has 0 spiro atoms. The van der Waals surface area contributed by atoms with Gasteiger partial charge in [0, 0.05) is 6.07 Å². The first-order valence-electron chi connectivity index (χ1n) is 19.0. The van der Waals surface area contributed by atoms with Crippen LogP contribution in [0.15, 0.2) is 152 Å². The maximum Gasteiger partial charge on any atom is 3.00 e. The molecule has 0 aliphatic rings. The minimum atomic E-state index is -0.811. The molecule has 0 unspecified atom stereocenters. The summed E-state index contributed by atoms with van der Waals surface area (Å²) >= 11 is 0. The molecule has 3 aromatic heterocycles. The van der Waals surface area contributed by atoms with Crippen molar-refractivity contribution in [3.8, 4) is 67.5 Å². The molecule has 0 aliphatic carbocycles. The second-order valence-electron chi connectivity index (χ2n) is 15.0. The third-order valence-electron chi connectivity index (χ3n) is 10.0. The van der Waals surface area contributed by atoms with E-state index in [0.717, 1.165) is 50.1 Å². The van der Waals surface area contributed by atoms with E-state index in [-0.39, 0.29) is 20.1 Å². The fourth-order valence-corrected chi connectivity index (χ4v) is 6.81. The summed E-state index contributed by atoms with van der Waals surface area (Å²) in [6.07, 6.45) is 3.57. The molecule has 5 nitrogen and oxygen atoms in total. The van der Waals surface area contributed by atoms with Gasteiger partial charge < -0.3 is 24.4 Å². The van der Waals surface area contributed by atoms with Crippen molar-refractivity contribution in [3.63, 3.8) is 0 Å². The predicted octanol–water partition coefficient (Wildman–Crippen LogP) is 12.7. The van der Waals surface area contributed by atoms with Gasteiger partial charge in [0.2, 0.25) is 0 Å². The summed E-state index contributed by atoms with van der Waals surface area (Å²) in [5.74, 6) is -0.0468. The quantitative estimate of drug-likeness (QED) is 0.121. The van der Waals surface area contributed by atoms with Crippen molar-refractivity contribution in [2.24, 2.45) is 0 Å². The zero-order valence-corrected chi connectivity index (χ0v) is 35.5. The molecule has 0 bridgehead atoms. The van der Waals surface area contributed by atoms with E-state index in [1.54, 1.807) is 18.2 Å². The van der Waals surface area contributed by atoms with Crippen LogP contribution >= 0.6 is 0 Å². The van der Waals surface area contributed by atoms with Crippen LogP contribution in [0.1, 0.15) is 38.8 Å². The zero-order chi connectivity index (χ0) is 41.1. The second kappa shape index (κ2) is 17.4. The van der Waals surface area contributed by atoms with Gasteiger partial charge in [0.25, 0.3) is 0 Å². The third kappa shape index (κ3) is 9.39. The minimum absolute atomic E-state index is 0. The van der Waals surface area contributed by atoms with E-state index in [4.69, 9.17) is 9.47 Å². The summed E-state index contributed by atoms with van der Waals surface area (Å²) < 4.78 is 54.2. The van der Waals surface area contributed by atoms with Gasteiger partial charge in [-0.25, -0.2) is 13.2 Å². The Morgan fingerprint density at radius 1 is 0.450 bits per heavy atom. The molecule has 298 valence electrons. The largest absolute Gasteiger partial charge is 3.00 e. The Hall–Kier alpha value is -6.41. The van der Waals surface area contributed by atoms with Crippen molar-refractivity contribution < 1.29 is 42.8 Å². The molecule has 0 radical (unpaired) electrons. The molecule has 9 heteroatoms. The number of nitrogens with zero attached hydrogens (tertiary/aromatic N) is 3. The van der Waals surface area contributed by atoms with Crippen molar-refractivity contribution in [1.29, 1.82) is 0 Å². The molecular formula is C51H37F3IrN3O2. The first kappa shape index (κ1) is 41.7. The minimum Gasteiger partial charge on any atom is -0.492 e. The molecule has 5 aromatic carbocycles. The number of aromatic nitrogens is 3. The fraction of sp³-hybridized carbons (Fsp3) is 0.118. The molecular weight excluding hydrogens is 936 g/mol. The monoisotopic (exact) mass is 973 g/mol. The first-order chi connectivity index (χ1) is 28.4. The average Bonchev–Trinajstić information content (AvgIpc) is 3.24. The number of benzene rings is 5. The molecule has 0 saturated carbocycles. The molecule has 0 atom stereocenters. The van der Waals surface area contributed by atoms with Gasteiger partial charge in [0.15, 0.2) is 0 Å². The van der Waals surface area contributed by atoms with Crippen LogP contribution in [-0.2, 0) is 31.3 Å². The van der Waals surface area contributed by atoms with Crippen molar-refractivity contribution >= 4 is 0 Å². The molecule has 8 aromatic rings. The van der Waals surface area contributed by atoms with E-state index in [1.807, 2.05) is 113 Å². The Morgan fingerprint density at radius 3 is 1.20 bits per heavy atom. The first-order valence-corrected chi connectivity index (χ1v) is 19.0. The number of hydrogen-bond donors (Lipinski definition) is 0. The summed E-state index contributed by atoms with van der Waals surface area (Å²) in [6, 6.07) is 50.1. The van der Waals surface area contributed by atoms with E-state index < -0.39 is 28.7 Å². The van der Waals surface area contributed by atoms with Gasteiger partial charge in [0.1, 0.15) is 29.0 Å². The van der Waals surface area contributed by atoms with Crippen LogP contribution in [0.5, 0.6) is 11.5 Å². The molecule has 0 amide bonds. The predicted molar refractivity (Wildman–Crippen MR) is 224 cm³/mol. The van der Waals surface area contributed by atoms with Crippen molar-refractivity contribution in [2.75, 3.05) is 0 Å². The van der Waals surface area contributed by atoms with E-state index >= 15 is 0 Å². The maximum absolute atomic E-state index is 13.6. The van der Waals surface area contributed by atoms with Crippen LogP contribution in [-0.4, -0.2) is 15.0 Å². The zero-order valence-electron chi connectivity index (χ0n) is 33.1. The van der Waals surface area contributed by atoms with E-state index in [1.165, 1.54) is 36.8 Å². The van der Waals surface area contributed by atoms with Crippen LogP contribution in [0.25, 0.3) is 56.0 Å². The summed E-state index contributed by atoms with van der Waals surface area (Å²) in [4.78, 5) is 12.6. The van der Waals surface area contributed by atoms with Gasteiger partial charge in [-0.15, -0.1) is 89.5 Å². The number of rotatable bonds is 11. The fourth-order valence-electron chi connectivity index (χ4n) is 6.81. The van der Waals surface area contributed by atoms with E-state index in [2.05, 4.69) is 45.3 Å². The molecule has 0 N–H and O–H groups in total. The van der Waals surface area contributed by atoms with Crippen molar-refractivity contribution in [3.05, 3.63) is 199 Å². The molecule has 0 aliphatic heterocycles. The Labute approximate surface area is 361 Å². The second-order valence-corrected chi connectivity index (χ2v) is 15.0. The molecule has 3 heterocycles. The smallest absolute Gasteiger partial charge is 0.492 e. The standard InChI is InChI=1S/C51H37F3N3O2.Ir/c1-50(2,38-17-13-35(14-18-38)48-25-22-41(53)31-56-48)58-43-27-37(46-8-6-5-7-45(46)33-9-11-34(12-10-33)47-24-21-40(52)30-55-47)28-44(29-43)59-51(3,4)39-19-15-36(16-20-39)49-26-23-42(54)32-57-49;/h5-11,13,15,17-32H,1-4H3;/q-3;+3.